The summed E-state index contributed by atoms with van der Waals surface area (Å²) < 4.78 is 10.9. The van der Waals surface area contributed by atoms with E-state index in [1.165, 1.54) is 5.56 Å². The van der Waals surface area contributed by atoms with E-state index in [0.717, 1.165) is 18.8 Å². The van der Waals surface area contributed by atoms with Crippen molar-refractivity contribution < 1.29 is 14.3 Å². The average molecular weight is 357 g/mol. The molecule has 5 nitrogen and oxygen atoms in total. The summed E-state index contributed by atoms with van der Waals surface area (Å²) in [4.78, 5) is 12.2. The van der Waals surface area contributed by atoms with Gasteiger partial charge in [0.1, 0.15) is 5.75 Å². The summed E-state index contributed by atoms with van der Waals surface area (Å²) in [7, 11) is 0. The number of ether oxygens (including phenoxy) is 2. The molecule has 0 aliphatic carbocycles. The van der Waals surface area contributed by atoms with E-state index in [0.29, 0.717) is 38.5 Å². The van der Waals surface area contributed by atoms with E-state index < -0.39 is 5.54 Å². The maximum absolute atomic E-state index is 12.2. The zero-order valence-electron chi connectivity index (χ0n) is 14.5. The molecule has 0 bridgehead atoms. The van der Waals surface area contributed by atoms with Gasteiger partial charge in [-0.2, -0.15) is 0 Å². The lowest BCUT2D eigenvalue weighted by Gasteiger charge is -2.31. The van der Waals surface area contributed by atoms with Gasteiger partial charge in [0.15, 0.2) is 0 Å². The van der Waals surface area contributed by atoms with Crippen molar-refractivity contribution in [3.8, 4) is 5.75 Å². The number of benzene rings is 1. The summed E-state index contributed by atoms with van der Waals surface area (Å²) in [5, 5.41) is 2.95. The first-order valence-corrected chi connectivity index (χ1v) is 8.36. The first kappa shape index (κ1) is 20.7. The highest BCUT2D eigenvalue weighted by molar-refractivity contribution is 5.86. The molecule has 1 aromatic rings. The Bertz CT molecular complexity index is 499. The highest BCUT2D eigenvalue weighted by atomic mass is 35.5. The van der Waals surface area contributed by atoms with Crippen molar-refractivity contribution in [3.05, 3.63) is 29.8 Å². The molecule has 24 heavy (non-hydrogen) atoms. The van der Waals surface area contributed by atoms with E-state index in [-0.39, 0.29) is 18.3 Å². The molecule has 0 saturated carbocycles. The summed E-state index contributed by atoms with van der Waals surface area (Å²) >= 11 is 0. The van der Waals surface area contributed by atoms with Crippen LogP contribution in [0.15, 0.2) is 24.3 Å². The second-order valence-corrected chi connectivity index (χ2v) is 6.62. The van der Waals surface area contributed by atoms with Gasteiger partial charge in [0.25, 0.3) is 0 Å². The van der Waals surface area contributed by atoms with Crippen molar-refractivity contribution in [2.45, 2.75) is 38.6 Å². The highest BCUT2D eigenvalue weighted by Crippen LogP contribution is 2.18. The maximum Gasteiger partial charge on any atom is 0.240 e. The number of hydrogen-bond acceptors (Lipinski definition) is 4. The molecule has 1 amide bonds. The maximum atomic E-state index is 12.2. The van der Waals surface area contributed by atoms with Crippen molar-refractivity contribution in [2.24, 2.45) is 11.7 Å². The largest absolute Gasteiger partial charge is 0.493 e. The fraction of sp³-hybridized carbons (Fsp3) is 0.611. The Hall–Kier alpha value is -1.30. The van der Waals surface area contributed by atoms with E-state index in [4.69, 9.17) is 15.2 Å². The third kappa shape index (κ3) is 6.30. The minimum absolute atomic E-state index is 0. The van der Waals surface area contributed by atoms with Crippen LogP contribution in [-0.2, 0) is 16.0 Å². The van der Waals surface area contributed by atoms with Crippen LogP contribution in [0.5, 0.6) is 5.75 Å². The number of carbonyl (C=O) groups excluding carboxylic acids is 1. The normalized spacial score (nSPS) is 16.3. The number of nitrogens with one attached hydrogen (secondary N) is 1. The van der Waals surface area contributed by atoms with E-state index >= 15 is 0 Å². The topological polar surface area (TPSA) is 73.6 Å². The zero-order valence-corrected chi connectivity index (χ0v) is 15.4. The van der Waals surface area contributed by atoms with Gasteiger partial charge in [-0.1, -0.05) is 26.0 Å². The Kier molecular flexibility index (Phi) is 8.53. The van der Waals surface area contributed by atoms with Crippen molar-refractivity contribution in [1.29, 1.82) is 0 Å². The van der Waals surface area contributed by atoms with Crippen molar-refractivity contribution >= 4 is 18.3 Å². The standard InChI is InChI=1S/C18H28N2O3.ClH/c1-14(2)13-23-16-5-3-15(4-6-16)7-10-20-17(21)18(19)8-11-22-12-9-18;/h3-6,14H,7-13,19H2,1-2H3,(H,20,21);1H. The van der Waals surface area contributed by atoms with Gasteiger partial charge in [0, 0.05) is 19.8 Å². The minimum Gasteiger partial charge on any atom is -0.493 e. The zero-order chi connectivity index (χ0) is 16.7. The van der Waals surface area contributed by atoms with Crippen LogP contribution in [0.2, 0.25) is 0 Å². The molecule has 6 heteroatoms. The van der Waals surface area contributed by atoms with Crippen molar-refractivity contribution in [2.75, 3.05) is 26.4 Å². The van der Waals surface area contributed by atoms with E-state index in [1.807, 2.05) is 24.3 Å². The molecular formula is C18H29ClN2O3. The predicted octanol–water partition coefficient (Wildman–Crippen LogP) is 2.31. The van der Waals surface area contributed by atoms with Crippen LogP contribution in [0, 0.1) is 5.92 Å². The quantitative estimate of drug-likeness (QED) is 0.786. The van der Waals surface area contributed by atoms with Gasteiger partial charge >= 0.3 is 0 Å². The molecular weight excluding hydrogens is 328 g/mol. The Labute approximate surface area is 150 Å². The van der Waals surface area contributed by atoms with E-state index in [9.17, 15) is 4.79 Å². The van der Waals surface area contributed by atoms with Crippen LogP contribution < -0.4 is 15.8 Å². The molecule has 0 unspecified atom stereocenters. The Morgan fingerprint density at radius 3 is 2.50 bits per heavy atom. The van der Waals surface area contributed by atoms with Crippen LogP contribution in [0.1, 0.15) is 32.3 Å². The minimum atomic E-state index is -0.771. The first-order chi connectivity index (χ1) is 11.0. The van der Waals surface area contributed by atoms with Crippen LogP contribution in [0.4, 0.5) is 0 Å². The van der Waals surface area contributed by atoms with E-state index in [2.05, 4.69) is 19.2 Å². The molecule has 0 radical (unpaired) electrons. The van der Waals surface area contributed by atoms with Crippen LogP contribution in [-0.4, -0.2) is 37.8 Å². The molecule has 0 spiro atoms. The van der Waals surface area contributed by atoms with Crippen LogP contribution >= 0.6 is 12.4 Å². The third-order valence-corrected chi connectivity index (χ3v) is 4.04. The number of halogens is 1. The summed E-state index contributed by atoms with van der Waals surface area (Å²) in [6, 6.07) is 8.02. The molecule has 0 atom stereocenters. The highest BCUT2D eigenvalue weighted by Gasteiger charge is 2.35. The van der Waals surface area contributed by atoms with Crippen LogP contribution in [0.3, 0.4) is 0 Å². The fourth-order valence-electron chi connectivity index (χ4n) is 2.47. The second kappa shape index (κ2) is 9.87. The summed E-state index contributed by atoms with van der Waals surface area (Å²) in [5.41, 5.74) is 6.55. The molecule has 1 heterocycles. The smallest absolute Gasteiger partial charge is 0.240 e. The number of amides is 1. The first-order valence-electron chi connectivity index (χ1n) is 8.36. The lowest BCUT2D eigenvalue weighted by Crippen LogP contribution is -2.57. The Morgan fingerprint density at radius 2 is 1.92 bits per heavy atom. The molecule has 3 N–H and O–H groups in total. The summed E-state index contributed by atoms with van der Waals surface area (Å²) in [6.45, 7) is 6.67. The molecule has 0 aromatic heterocycles. The monoisotopic (exact) mass is 356 g/mol. The van der Waals surface area contributed by atoms with Gasteiger partial charge in [-0.05, 0) is 42.9 Å². The molecule has 136 valence electrons. The summed E-state index contributed by atoms with van der Waals surface area (Å²) in [5.74, 6) is 1.32. The lowest BCUT2D eigenvalue weighted by atomic mass is 9.90. The van der Waals surface area contributed by atoms with Gasteiger partial charge < -0.3 is 20.5 Å². The van der Waals surface area contributed by atoms with Gasteiger partial charge in [0.2, 0.25) is 5.91 Å². The van der Waals surface area contributed by atoms with Gasteiger partial charge in [0.05, 0.1) is 12.1 Å². The number of hydrogen-bond donors (Lipinski definition) is 2. The van der Waals surface area contributed by atoms with Crippen molar-refractivity contribution in [1.82, 2.24) is 5.32 Å². The van der Waals surface area contributed by atoms with Gasteiger partial charge in [-0.3, -0.25) is 4.79 Å². The SMILES string of the molecule is CC(C)COc1ccc(CCNC(=O)C2(N)CCOCC2)cc1.Cl. The third-order valence-electron chi connectivity index (χ3n) is 4.04. The van der Waals surface area contributed by atoms with Crippen LogP contribution in [0.25, 0.3) is 0 Å². The van der Waals surface area contributed by atoms with Gasteiger partial charge in [-0.25, -0.2) is 0 Å². The molecule has 1 aliphatic heterocycles. The lowest BCUT2D eigenvalue weighted by molar-refractivity contribution is -0.129. The second-order valence-electron chi connectivity index (χ2n) is 6.62. The average Bonchev–Trinajstić information content (AvgIpc) is 2.54. The summed E-state index contributed by atoms with van der Waals surface area (Å²) in [6.07, 6.45) is 1.95. The number of nitrogens with two attached hydrogens (primary N) is 1. The number of carbonyl (C=O) groups is 1. The predicted molar refractivity (Wildman–Crippen MR) is 97.7 cm³/mol. The van der Waals surface area contributed by atoms with Gasteiger partial charge in [-0.15, -0.1) is 12.4 Å². The Morgan fingerprint density at radius 1 is 1.29 bits per heavy atom. The fourth-order valence-corrected chi connectivity index (χ4v) is 2.47. The molecule has 2 rings (SSSR count). The molecule has 1 aromatic carbocycles. The molecule has 1 fully saturated rings. The number of rotatable bonds is 7. The van der Waals surface area contributed by atoms with E-state index in [1.54, 1.807) is 0 Å². The molecule has 1 saturated heterocycles. The van der Waals surface area contributed by atoms with Crippen molar-refractivity contribution in [3.63, 3.8) is 0 Å². The Balaban J connectivity index is 0.00000288. The molecule has 1 aliphatic rings.